The second-order valence-corrected chi connectivity index (χ2v) is 9.41. The molecule has 0 heterocycles. The van der Waals surface area contributed by atoms with Crippen molar-refractivity contribution in [2.24, 2.45) is 0 Å². The van der Waals surface area contributed by atoms with Crippen molar-refractivity contribution in [3.05, 3.63) is 77.9 Å². The molecule has 0 unspecified atom stereocenters. The molecule has 0 aliphatic heterocycles. The number of hydrogen-bond acceptors (Lipinski definition) is 7. The quantitative estimate of drug-likeness (QED) is 0.159. The maximum absolute atomic E-state index is 13.1. The Labute approximate surface area is 248 Å². The molecular weight excluding hydrogens is 536 g/mol. The number of carbonyl (C=O) groups is 2. The Morgan fingerprint density at radius 3 is 1.76 bits per heavy atom. The minimum atomic E-state index is -0.352. The van der Waals surface area contributed by atoms with Crippen LogP contribution < -0.4 is 24.8 Å². The second kappa shape index (κ2) is 18.4. The molecular formula is C33H41N2O7. The number of ether oxygens (including phenoxy) is 5. The summed E-state index contributed by atoms with van der Waals surface area (Å²) in [5, 5.41) is 5.75. The number of rotatable bonds is 19. The van der Waals surface area contributed by atoms with Gasteiger partial charge in [0.1, 0.15) is 18.1 Å². The summed E-state index contributed by atoms with van der Waals surface area (Å²) in [5.41, 5.74) is 1.56. The zero-order valence-corrected chi connectivity index (χ0v) is 24.7. The summed E-state index contributed by atoms with van der Waals surface area (Å²) in [6, 6.07) is 20.2. The van der Waals surface area contributed by atoms with Crippen LogP contribution in [0.3, 0.4) is 0 Å². The largest absolute Gasteiger partial charge is 0.494 e. The van der Waals surface area contributed by atoms with Crippen LogP contribution in [0.1, 0.15) is 60.2 Å². The van der Waals surface area contributed by atoms with E-state index in [0.717, 1.165) is 25.7 Å². The molecule has 0 saturated heterocycles. The SMILES string of the molecule is CCCCOc1ccc(C(=O)Nc2[c]ccc(NC(=O)c3ccc(OCCCC)cc3)c2OCCOCCOC)cc1. The van der Waals surface area contributed by atoms with Gasteiger partial charge >= 0.3 is 0 Å². The summed E-state index contributed by atoms with van der Waals surface area (Å²) in [7, 11) is 1.60. The number of methoxy groups -OCH3 is 1. The van der Waals surface area contributed by atoms with Gasteiger partial charge < -0.3 is 34.3 Å². The van der Waals surface area contributed by atoms with Crippen LogP contribution >= 0.6 is 0 Å². The molecule has 42 heavy (non-hydrogen) atoms. The highest BCUT2D eigenvalue weighted by atomic mass is 16.5. The Morgan fingerprint density at radius 2 is 1.21 bits per heavy atom. The number of carbonyl (C=O) groups excluding carboxylic acids is 2. The number of hydrogen-bond donors (Lipinski definition) is 2. The lowest BCUT2D eigenvalue weighted by Gasteiger charge is -2.17. The first-order chi connectivity index (χ1) is 20.5. The fraction of sp³-hybridized carbons (Fsp3) is 0.394. The summed E-state index contributed by atoms with van der Waals surface area (Å²) in [6.07, 6.45) is 4.01. The van der Waals surface area contributed by atoms with Gasteiger partial charge in [-0.05, 0) is 73.5 Å². The van der Waals surface area contributed by atoms with Crippen molar-refractivity contribution in [2.75, 3.05) is 57.4 Å². The molecule has 0 spiro atoms. The molecule has 3 aromatic rings. The molecule has 0 saturated carbocycles. The highest BCUT2D eigenvalue weighted by Crippen LogP contribution is 2.34. The fourth-order valence-electron chi connectivity index (χ4n) is 3.73. The number of benzene rings is 3. The molecule has 0 bridgehead atoms. The van der Waals surface area contributed by atoms with E-state index in [-0.39, 0.29) is 36.5 Å². The molecule has 3 aromatic carbocycles. The Kier molecular flexibility index (Phi) is 14.2. The maximum atomic E-state index is 13.1. The van der Waals surface area contributed by atoms with Crippen molar-refractivity contribution in [1.29, 1.82) is 0 Å². The third kappa shape index (κ3) is 10.7. The van der Waals surface area contributed by atoms with Crippen molar-refractivity contribution >= 4 is 23.2 Å². The van der Waals surface area contributed by atoms with Crippen molar-refractivity contribution in [3.63, 3.8) is 0 Å². The maximum Gasteiger partial charge on any atom is 0.255 e. The zero-order valence-electron chi connectivity index (χ0n) is 24.7. The van der Waals surface area contributed by atoms with Gasteiger partial charge in [0.2, 0.25) is 0 Å². The van der Waals surface area contributed by atoms with Gasteiger partial charge in [0.05, 0.1) is 44.4 Å². The Hall–Kier alpha value is -4.08. The fourth-order valence-corrected chi connectivity index (χ4v) is 3.73. The molecule has 0 aliphatic rings. The molecule has 0 fully saturated rings. The van der Waals surface area contributed by atoms with Crippen LogP contribution in [0.15, 0.2) is 60.7 Å². The summed E-state index contributed by atoms with van der Waals surface area (Å²) in [5.74, 6) is 0.994. The highest BCUT2D eigenvalue weighted by molar-refractivity contribution is 6.08. The number of unbranched alkanes of at least 4 members (excludes halogenated alkanes) is 2. The van der Waals surface area contributed by atoms with Crippen molar-refractivity contribution in [2.45, 2.75) is 39.5 Å². The van der Waals surface area contributed by atoms with E-state index in [1.807, 2.05) is 0 Å². The number of anilines is 2. The van der Waals surface area contributed by atoms with Gasteiger partial charge in [-0.25, -0.2) is 0 Å². The summed E-state index contributed by atoms with van der Waals surface area (Å²) >= 11 is 0. The molecule has 0 aliphatic carbocycles. The normalized spacial score (nSPS) is 10.6. The van der Waals surface area contributed by atoms with E-state index in [1.54, 1.807) is 67.8 Å². The Morgan fingerprint density at radius 1 is 0.667 bits per heavy atom. The third-order valence-corrected chi connectivity index (χ3v) is 6.11. The standard InChI is InChI=1S/C33H41N2O7/c1-4-6-19-40-27-15-11-25(12-16-27)32(36)34-29-9-8-10-30(31(29)42-24-23-39-22-21-38-3)35-33(37)26-13-17-28(18-14-26)41-20-7-5-2/h8-9,11-18H,4-7,19-24H2,1-3H3,(H,34,36)(H,35,37). The van der Waals surface area contributed by atoms with Crippen molar-refractivity contribution in [3.8, 4) is 17.2 Å². The van der Waals surface area contributed by atoms with Gasteiger partial charge in [-0.2, -0.15) is 0 Å². The minimum Gasteiger partial charge on any atom is -0.494 e. The van der Waals surface area contributed by atoms with E-state index < -0.39 is 0 Å². The van der Waals surface area contributed by atoms with Gasteiger partial charge in [0.15, 0.2) is 5.75 Å². The summed E-state index contributed by atoms with van der Waals surface area (Å²) in [6.45, 7) is 6.81. The zero-order chi connectivity index (χ0) is 30.0. The molecule has 225 valence electrons. The van der Waals surface area contributed by atoms with Crippen LogP contribution in [-0.4, -0.2) is 58.6 Å². The molecule has 2 N–H and O–H groups in total. The van der Waals surface area contributed by atoms with Crippen LogP contribution in [0.2, 0.25) is 0 Å². The lowest BCUT2D eigenvalue weighted by atomic mass is 10.1. The number of amides is 2. The van der Waals surface area contributed by atoms with Gasteiger partial charge in [0.25, 0.3) is 11.8 Å². The molecule has 1 radical (unpaired) electrons. The second-order valence-electron chi connectivity index (χ2n) is 9.41. The molecule has 9 nitrogen and oxygen atoms in total. The Balaban J connectivity index is 1.73. The average Bonchev–Trinajstić information content (AvgIpc) is 3.01. The lowest BCUT2D eigenvalue weighted by molar-refractivity contribution is 0.0546. The Bertz CT molecular complexity index is 1140. The van der Waals surface area contributed by atoms with E-state index in [0.29, 0.717) is 54.7 Å². The van der Waals surface area contributed by atoms with Gasteiger partial charge in [-0.3, -0.25) is 9.59 Å². The third-order valence-electron chi connectivity index (χ3n) is 6.11. The van der Waals surface area contributed by atoms with Crippen LogP contribution in [0, 0.1) is 6.07 Å². The van der Waals surface area contributed by atoms with E-state index in [2.05, 4.69) is 30.5 Å². The molecule has 0 atom stereocenters. The smallest absolute Gasteiger partial charge is 0.255 e. The topological polar surface area (TPSA) is 104 Å². The van der Waals surface area contributed by atoms with Gasteiger partial charge in [0, 0.05) is 24.3 Å². The first kappa shape index (κ1) is 32.4. The summed E-state index contributed by atoms with van der Waals surface area (Å²) in [4.78, 5) is 26.2. The van der Waals surface area contributed by atoms with Crippen LogP contribution in [0.25, 0.3) is 0 Å². The predicted octanol–water partition coefficient (Wildman–Crippen LogP) is 6.39. The van der Waals surface area contributed by atoms with E-state index in [9.17, 15) is 9.59 Å². The minimum absolute atomic E-state index is 0.181. The monoisotopic (exact) mass is 577 g/mol. The first-order valence-electron chi connectivity index (χ1n) is 14.4. The van der Waals surface area contributed by atoms with Crippen molar-refractivity contribution in [1.82, 2.24) is 0 Å². The average molecular weight is 578 g/mol. The summed E-state index contributed by atoms with van der Waals surface area (Å²) < 4.78 is 27.9. The molecule has 3 rings (SSSR count). The van der Waals surface area contributed by atoms with Crippen molar-refractivity contribution < 1.29 is 33.3 Å². The highest BCUT2D eigenvalue weighted by Gasteiger charge is 2.17. The van der Waals surface area contributed by atoms with Gasteiger partial charge in [-0.15, -0.1) is 0 Å². The number of nitrogens with one attached hydrogen (secondary N) is 2. The molecule has 2 amide bonds. The predicted molar refractivity (Wildman–Crippen MR) is 163 cm³/mol. The molecule has 9 heteroatoms. The van der Waals surface area contributed by atoms with Crippen LogP contribution in [0.5, 0.6) is 17.2 Å². The van der Waals surface area contributed by atoms with Crippen LogP contribution in [0.4, 0.5) is 11.4 Å². The van der Waals surface area contributed by atoms with E-state index >= 15 is 0 Å². The van der Waals surface area contributed by atoms with E-state index in [1.165, 1.54) is 0 Å². The lowest BCUT2D eigenvalue weighted by Crippen LogP contribution is -2.17. The van der Waals surface area contributed by atoms with Crippen LogP contribution in [-0.2, 0) is 9.47 Å². The van der Waals surface area contributed by atoms with E-state index in [4.69, 9.17) is 23.7 Å². The molecule has 0 aromatic heterocycles. The first-order valence-corrected chi connectivity index (χ1v) is 14.4. The van der Waals surface area contributed by atoms with Gasteiger partial charge in [-0.1, -0.05) is 26.7 Å².